The van der Waals surface area contributed by atoms with Crippen molar-refractivity contribution in [1.82, 2.24) is 5.32 Å². The van der Waals surface area contributed by atoms with Crippen molar-refractivity contribution in [2.75, 3.05) is 33.0 Å². The minimum atomic E-state index is 0.505. The van der Waals surface area contributed by atoms with E-state index in [1.165, 1.54) is 0 Å². The van der Waals surface area contributed by atoms with Gasteiger partial charge in [0.15, 0.2) is 0 Å². The molecule has 0 radical (unpaired) electrons. The van der Waals surface area contributed by atoms with Gasteiger partial charge in [0.1, 0.15) is 0 Å². The first kappa shape index (κ1) is 12.7. The first-order valence-electron chi connectivity index (χ1n) is 5.74. The molecule has 1 aliphatic heterocycles. The number of hydrogen-bond acceptors (Lipinski definition) is 3. The van der Waals surface area contributed by atoms with E-state index >= 15 is 0 Å². The van der Waals surface area contributed by atoms with E-state index in [1.54, 1.807) is 0 Å². The molecule has 15 heavy (non-hydrogen) atoms. The largest absolute Gasteiger partial charge is 0.381 e. The molecule has 1 heterocycles. The lowest BCUT2D eigenvalue weighted by Gasteiger charge is -2.12. The summed E-state index contributed by atoms with van der Waals surface area (Å²) in [6, 6.07) is 0.505. The van der Waals surface area contributed by atoms with E-state index in [0.29, 0.717) is 18.6 Å². The lowest BCUT2D eigenvalue weighted by molar-refractivity contribution is 0.104. The van der Waals surface area contributed by atoms with Crippen LogP contribution in [0.5, 0.6) is 0 Å². The van der Waals surface area contributed by atoms with Gasteiger partial charge in [-0.25, -0.2) is 0 Å². The van der Waals surface area contributed by atoms with Crippen molar-refractivity contribution in [2.45, 2.75) is 26.3 Å². The van der Waals surface area contributed by atoms with Crippen LogP contribution in [0.3, 0.4) is 0 Å². The minimum absolute atomic E-state index is 0.505. The maximum Gasteiger partial charge on any atom is 0.0686 e. The summed E-state index contributed by atoms with van der Waals surface area (Å²) in [4.78, 5) is 0. The molecule has 1 rings (SSSR count). The lowest BCUT2D eigenvalue weighted by Crippen LogP contribution is -2.26. The molecular weight excluding hydrogens is 190 g/mol. The second-order valence-corrected chi connectivity index (χ2v) is 4.53. The molecule has 1 atom stereocenters. The molecule has 0 aromatic heterocycles. The van der Waals surface area contributed by atoms with Crippen LogP contribution < -0.4 is 5.32 Å². The quantitative estimate of drug-likeness (QED) is 0.652. The molecule has 88 valence electrons. The van der Waals surface area contributed by atoms with Crippen molar-refractivity contribution in [1.29, 1.82) is 0 Å². The molecule has 0 aromatic rings. The Balaban J connectivity index is 1.96. The van der Waals surface area contributed by atoms with E-state index in [4.69, 9.17) is 9.47 Å². The van der Waals surface area contributed by atoms with Gasteiger partial charge in [-0.1, -0.05) is 20.4 Å². The van der Waals surface area contributed by atoms with Gasteiger partial charge in [-0.2, -0.15) is 0 Å². The zero-order valence-corrected chi connectivity index (χ0v) is 9.92. The Morgan fingerprint density at radius 2 is 2.40 bits per heavy atom. The average molecular weight is 213 g/mol. The van der Waals surface area contributed by atoms with Crippen LogP contribution in [-0.4, -0.2) is 39.0 Å². The van der Waals surface area contributed by atoms with Crippen LogP contribution in [-0.2, 0) is 9.47 Å². The van der Waals surface area contributed by atoms with Gasteiger partial charge in [-0.3, -0.25) is 0 Å². The topological polar surface area (TPSA) is 30.5 Å². The summed E-state index contributed by atoms with van der Waals surface area (Å²) in [6.07, 6.45) is 1.14. The molecule has 0 amide bonds. The SMILES string of the molecule is C=C(CNC(C)C)COCC1CCOC1. The smallest absolute Gasteiger partial charge is 0.0686 e. The van der Waals surface area contributed by atoms with Crippen LogP contribution in [0.15, 0.2) is 12.2 Å². The predicted molar refractivity (Wildman–Crippen MR) is 62.0 cm³/mol. The molecule has 1 saturated heterocycles. The predicted octanol–water partition coefficient (Wildman–Crippen LogP) is 1.59. The molecule has 1 aliphatic rings. The number of ether oxygens (including phenoxy) is 2. The highest BCUT2D eigenvalue weighted by atomic mass is 16.5. The Hall–Kier alpha value is -0.380. The summed E-state index contributed by atoms with van der Waals surface area (Å²) in [5.41, 5.74) is 1.11. The van der Waals surface area contributed by atoms with Gasteiger partial charge in [0, 0.05) is 25.1 Å². The summed E-state index contributed by atoms with van der Waals surface area (Å²) < 4.78 is 10.9. The monoisotopic (exact) mass is 213 g/mol. The van der Waals surface area contributed by atoms with E-state index in [1.807, 2.05) is 0 Å². The first-order chi connectivity index (χ1) is 7.18. The fourth-order valence-corrected chi connectivity index (χ4v) is 1.48. The van der Waals surface area contributed by atoms with E-state index in [2.05, 4.69) is 25.7 Å². The van der Waals surface area contributed by atoms with Crippen molar-refractivity contribution in [3.05, 3.63) is 12.2 Å². The second kappa shape index (κ2) is 6.99. The Bertz CT molecular complexity index is 186. The zero-order chi connectivity index (χ0) is 11.1. The van der Waals surface area contributed by atoms with Crippen LogP contribution in [0.1, 0.15) is 20.3 Å². The third kappa shape index (κ3) is 5.92. The van der Waals surface area contributed by atoms with E-state index < -0.39 is 0 Å². The van der Waals surface area contributed by atoms with Gasteiger partial charge in [0.25, 0.3) is 0 Å². The summed E-state index contributed by atoms with van der Waals surface area (Å²) in [6.45, 7) is 12.3. The van der Waals surface area contributed by atoms with Gasteiger partial charge >= 0.3 is 0 Å². The lowest BCUT2D eigenvalue weighted by atomic mass is 10.1. The summed E-state index contributed by atoms with van der Waals surface area (Å²) >= 11 is 0. The van der Waals surface area contributed by atoms with E-state index in [-0.39, 0.29) is 0 Å². The molecule has 1 unspecified atom stereocenters. The number of rotatable bonds is 7. The maximum absolute atomic E-state index is 5.59. The molecule has 1 fully saturated rings. The van der Waals surface area contributed by atoms with Crippen LogP contribution in [0.2, 0.25) is 0 Å². The second-order valence-electron chi connectivity index (χ2n) is 4.53. The van der Waals surface area contributed by atoms with Gasteiger partial charge in [0.05, 0.1) is 19.8 Å². The maximum atomic E-state index is 5.59. The van der Waals surface area contributed by atoms with Gasteiger partial charge in [0.2, 0.25) is 0 Å². The minimum Gasteiger partial charge on any atom is -0.381 e. The Morgan fingerprint density at radius 1 is 1.60 bits per heavy atom. The molecular formula is C12H23NO2. The Morgan fingerprint density at radius 3 is 3.00 bits per heavy atom. The van der Waals surface area contributed by atoms with Crippen LogP contribution in [0, 0.1) is 5.92 Å². The van der Waals surface area contributed by atoms with Crippen LogP contribution in [0.4, 0.5) is 0 Å². The molecule has 0 bridgehead atoms. The average Bonchev–Trinajstić information content (AvgIpc) is 2.67. The third-order valence-corrected chi connectivity index (χ3v) is 2.44. The van der Waals surface area contributed by atoms with Crippen molar-refractivity contribution < 1.29 is 9.47 Å². The highest BCUT2D eigenvalue weighted by Gasteiger charge is 2.15. The Labute approximate surface area is 92.8 Å². The molecule has 1 N–H and O–H groups in total. The normalized spacial score (nSPS) is 21.1. The number of hydrogen-bond donors (Lipinski definition) is 1. The summed E-state index contributed by atoms with van der Waals surface area (Å²) in [5, 5.41) is 3.32. The standard InChI is InChI=1S/C12H23NO2/c1-10(2)13-6-11(3)7-15-9-12-4-5-14-8-12/h10,12-13H,3-9H2,1-2H3. The fraction of sp³-hybridized carbons (Fsp3) is 0.833. The van der Waals surface area contributed by atoms with Gasteiger partial charge < -0.3 is 14.8 Å². The summed E-state index contributed by atoms with van der Waals surface area (Å²) in [5.74, 6) is 0.593. The molecule has 3 heteroatoms. The van der Waals surface area contributed by atoms with Crippen LogP contribution >= 0.6 is 0 Å². The first-order valence-corrected chi connectivity index (χ1v) is 5.74. The van der Waals surface area contributed by atoms with E-state index in [9.17, 15) is 0 Å². The molecule has 0 aliphatic carbocycles. The van der Waals surface area contributed by atoms with Crippen molar-refractivity contribution in [2.24, 2.45) is 5.92 Å². The Kier molecular flexibility index (Phi) is 5.91. The van der Waals surface area contributed by atoms with Crippen LogP contribution in [0.25, 0.3) is 0 Å². The summed E-state index contributed by atoms with van der Waals surface area (Å²) in [7, 11) is 0. The molecule has 0 aromatic carbocycles. The van der Waals surface area contributed by atoms with E-state index in [0.717, 1.165) is 38.4 Å². The highest BCUT2D eigenvalue weighted by Crippen LogP contribution is 2.12. The van der Waals surface area contributed by atoms with Crippen molar-refractivity contribution >= 4 is 0 Å². The number of nitrogens with one attached hydrogen (secondary N) is 1. The molecule has 3 nitrogen and oxygen atoms in total. The van der Waals surface area contributed by atoms with Crippen molar-refractivity contribution in [3.8, 4) is 0 Å². The van der Waals surface area contributed by atoms with Gasteiger partial charge in [-0.15, -0.1) is 0 Å². The fourth-order valence-electron chi connectivity index (χ4n) is 1.48. The van der Waals surface area contributed by atoms with Crippen molar-refractivity contribution in [3.63, 3.8) is 0 Å². The highest BCUT2D eigenvalue weighted by molar-refractivity contribution is 4.97. The van der Waals surface area contributed by atoms with Gasteiger partial charge in [-0.05, 0) is 12.0 Å². The third-order valence-electron chi connectivity index (χ3n) is 2.44. The zero-order valence-electron chi connectivity index (χ0n) is 9.92. The molecule has 0 spiro atoms. The molecule has 0 saturated carbocycles.